The fourth-order valence-electron chi connectivity index (χ4n) is 6.99. The molecule has 0 aromatic carbocycles. The number of unbranched alkanes of at least 4 members (excludes halogenated alkanes) is 2. The van der Waals surface area contributed by atoms with Crippen LogP contribution in [0.5, 0.6) is 0 Å². The first-order chi connectivity index (χ1) is 14.3. The van der Waals surface area contributed by atoms with E-state index in [2.05, 4.69) is 13.8 Å². The van der Waals surface area contributed by atoms with Crippen LogP contribution in [0, 0.1) is 23.7 Å². The summed E-state index contributed by atoms with van der Waals surface area (Å²) in [7, 11) is 0. The lowest BCUT2D eigenvalue weighted by molar-refractivity contribution is -0.122. The molecule has 0 atom stereocenters. The topological polar surface area (TPSA) is 9.23 Å². The highest BCUT2D eigenvalue weighted by Crippen LogP contribution is 2.46. The maximum atomic E-state index is 6.68. The quantitative estimate of drug-likeness (QED) is 0.312. The standard InChI is InChI=1S/C28H52O/c1-3-5-10-24-11-13-25(14-12-24)15-16-26-17-19-27(20-18-26)28(29-23-6-4-2)21-8-7-9-22-28/h24-27H,3-23H2,1-2H3. The second-order valence-corrected chi connectivity index (χ2v) is 11.2. The van der Waals surface area contributed by atoms with Crippen molar-refractivity contribution >= 4 is 0 Å². The first-order valence-electron chi connectivity index (χ1n) is 13.9. The van der Waals surface area contributed by atoms with Crippen molar-refractivity contribution in [3.05, 3.63) is 0 Å². The van der Waals surface area contributed by atoms with Gasteiger partial charge in [0.2, 0.25) is 0 Å². The lowest BCUT2D eigenvalue weighted by Gasteiger charge is -2.46. The summed E-state index contributed by atoms with van der Waals surface area (Å²) < 4.78 is 6.68. The van der Waals surface area contributed by atoms with Crippen LogP contribution in [0.25, 0.3) is 0 Å². The Kier molecular flexibility index (Phi) is 10.4. The van der Waals surface area contributed by atoms with Gasteiger partial charge in [0.05, 0.1) is 5.60 Å². The van der Waals surface area contributed by atoms with Crippen molar-refractivity contribution in [2.45, 2.75) is 148 Å². The van der Waals surface area contributed by atoms with Crippen LogP contribution in [-0.2, 0) is 4.74 Å². The Hall–Kier alpha value is -0.0400. The van der Waals surface area contributed by atoms with Gasteiger partial charge in [0, 0.05) is 6.61 Å². The minimum Gasteiger partial charge on any atom is -0.375 e. The highest BCUT2D eigenvalue weighted by molar-refractivity contribution is 4.93. The number of rotatable bonds is 11. The summed E-state index contributed by atoms with van der Waals surface area (Å²) in [6.07, 6.45) is 29.0. The van der Waals surface area contributed by atoms with E-state index in [1.807, 2.05) is 0 Å². The van der Waals surface area contributed by atoms with Gasteiger partial charge in [-0.2, -0.15) is 0 Å². The fourth-order valence-corrected chi connectivity index (χ4v) is 6.99. The highest BCUT2D eigenvalue weighted by atomic mass is 16.5. The molecular formula is C28H52O. The van der Waals surface area contributed by atoms with Crippen LogP contribution in [-0.4, -0.2) is 12.2 Å². The van der Waals surface area contributed by atoms with Gasteiger partial charge in [-0.05, 0) is 55.8 Å². The van der Waals surface area contributed by atoms with E-state index < -0.39 is 0 Å². The Labute approximate surface area is 183 Å². The van der Waals surface area contributed by atoms with E-state index in [4.69, 9.17) is 4.74 Å². The Balaban J connectivity index is 1.36. The second kappa shape index (κ2) is 12.7. The van der Waals surface area contributed by atoms with Gasteiger partial charge < -0.3 is 4.74 Å². The maximum absolute atomic E-state index is 6.68. The molecule has 3 saturated carbocycles. The number of hydrogen-bond acceptors (Lipinski definition) is 1. The molecule has 1 heteroatoms. The monoisotopic (exact) mass is 404 g/mol. The SMILES string of the molecule is CCCCOC1(C2CCC(CCC3CCC(CCCC)CC3)CC2)CCCCC1. The van der Waals surface area contributed by atoms with Gasteiger partial charge in [-0.3, -0.25) is 0 Å². The molecule has 1 nitrogen and oxygen atoms in total. The summed E-state index contributed by atoms with van der Waals surface area (Å²) >= 11 is 0. The maximum Gasteiger partial charge on any atom is 0.0710 e. The molecule has 0 bridgehead atoms. The van der Waals surface area contributed by atoms with Gasteiger partial charge in [0.1, 0.15) is 0 Å². The van der Waals surface area contributed by atoms with Crippen LogP contribution in [0.15, 0.2) is 0 Å². The first kappa shape index (κ1) is 23.6. The van der Waals surface area contributed by atoms with E-state index in [1.54, 1.807) is 0 Å². The molecule has 3 rings (SSSR count). The zero-order valence-corrected chi connectivity index (χ0v) is 20.1. The van der Waals surface area contributed by atoms with Crippen molar-refractivity contribution in [2.75, 3.05) is 6.61 Å². The lowest BCUT2D eigenvalue weighted by atomic mass is 9.67. The first-order valence-corrected chi connectivity index (χ1v) is 13.9. The summed E-state index contributed by atoms with van der Waals surface area (Å²) in [5.41, 5.74) is 0.273. The van der Waals surface area contributed by atoms with Gasteiger partial charge in [-0.1, -0.05) is 110 Å². The highest BCUT2D eigenvalue weighted by Gasteiger charge is 2.42. The van der Waals surface area contributed by atoms with Crippen LogP contribution in [0.4, 0.5) is 0 Å². The molecule has 3 fully saturated rings. The van der Waals surface area contributed by atoms with Crippen LogP contribution in [0.1, 0.15) is 142 Å². The summed E-state index contributed by atoms with van der Waals surface area (Å²) in [6.45, 7) is 5.64. The molecule has 0 unspecified atom stereocenters. The van der Waals surface area contributed by atoms with Gasteiger partial charge in [-0.25, -0.2) is 0 Å². The molecule has 0 N–H and O–H groups in total. The van der Waals surface area contributed by atoms with Crippen molar-refractivity contribution in [3.63, 3.8) is 0 Å². The van der Waals surface area contributed by atoms with E-state index in [0.29, 0.717) is 0 Å². The summed E-state index contributed by atoms with van der Waals surface area (Å²) in [5.74, 6) is 4.03. The molecule has 0 aromatic heterocycles. The zero-order valence-electron chi connectivity index (χ0n) is 20.1. The predicted molar refractivity (Wildman–Crippen MR) is 126 cm³/mol. The summed E-state index contributed by atoms with van der Waals surface area (Å²) in [4.78, 5) is 0. The Morgan fingerprint density at radius 3 is 1.69 bits per heavy atom. The van der Waals surface area contributed by atoms with Crippen molar-refractivity contribution in [2.24, 2.45) is 23.7 Å². The van der Waals surface area contributed by atoms with E-state index in [-0.39, 0.29) is 5.60 Å². The number of ether oxygens (including phenoxy) is 1. The molecule has 3 aliphatic rings. The zero-order chi connectivity index (χ0) is 20.4. The smallest absolute Gasteiger partial charge is 0.0710 e. The second-order valence-electron chi connectivity index (χ2n) is 11.2. The minimum atomic E-state index is 0.273. The predicted octanol–water partition coefficient (Wildman–Crippen LogP) is 9.09. The Morgan fingerprint density at radius 2 is 1.14 bits per heavy atom. The third kappa shape index (κ3) is 7.26. The molecule has 3 aliphatic carbocycles. The van der Waals surface area contributed by atoms with Gasteiger partial charge in [0.25, 0.3) is 0 Å². The van der Waals surface area contributed by atoms with Gasteiger partial charge in [0.15, 0.2) is 0 Å². The molecule has 29 heavy (non-hydrogen) atoms. The molecule has 0 heterocycles. The molecular weight excluding hydrogens is 352 g/mol. The average molecular weight is 405 g/mol. The van der Waals surface area contributed by atoms with Crippen molar-refractivity contribution in [1.29, 1.82) is 0 Å². The molecule has 0 amide bonds. The summed E-state index contributed by atoms with van der Waals surface area (Å²) in [6, 6.07) is 0. The number of hydrogen-bond donors (Lipinski definition) is 0. The minimum absolute atomic E-state index is 0.273. The van der Waals surface area contributed by atoms with Crippen LogP contribution >= 0.6 is 0 Å². The average Bonchev–Trinajstić information content (AvgIpc) is 2.78. The molecule has 0 spiro atoms. The molecule has 0 saturated heterocycles. The van der Waals surface area contributed by atoms with E-state index >= 15 is 0 Å². The molecule has 0 aliphatic heterocycles. The molecule has 0 aromatic rings. The Morgan fingerprint density at radius 1 is 0.621 bits per heavy atom. The third-order valence-electron chi connectivity index (χ3n) is 9.09. The Bertz CT molecular complexity index is 408. The third-order valence-corrected chi connectivity index (χ3v) is 9.09. The fraction of sp³-hybridized carbons (Fsp3) is 1.00. The van der Waals surface area contributed by atoms with Crippen LogP contribution in [0.3, 0.4) is 0 Å². The van der Waals surface area contributed by atoms with Gasteiger partial charge >= 0.3 is 0 Å². The van der Waals surface area contributed by atoms with Crippen molar-refractivity contribution in [3.8, 4) is 0 Å². The van der Waals surface area contributed by atoms with Gasteiger partial charge in [-0.15, -0.1) is 0 Å². The van der Waals surface area contributed by atoms with E-state index in [1.165, 1.54) is 128 Å². The normalized spacial score (nSPS) is 32.9. The van der Waals surface area contributed by atoms with Crippen LogP contribution in [0.2, 0.25) is 0 Å². The molecule has 0 radical (unpaired) electrons. The van der Waals surface area contributed by atoms with Crippen molar-refractivity contribution in [1.82, 2.24) is 0 Å². The van der Waals surface area contributed by atoms with Crippen molar-refractivity contribution < 1.29 is 4.74 Å². The largest absolute Gasteiger partial charge is 0.375 e. The lowest BCUT2D eigenvalue weighted by Crippen LogP contribution is -2.44. The van der Waals surface area contributed by atoms with Crippen LogP contribution < -0.4 is 0 Å². The summed E-state index contributed by atoms with van der Waals surface area (Å²) in [5, 5.41) is 0. The van der Waals surface area contributed by atoms with E-state index in [9.17, 15) is 0 Å². The molecule has 170 valence electrons. The van der Waals surface area contributed by atoms with E-state index in [0.717, 1.165) is 30.3 Å².